The third-order valence-electron chi connectivity index (χ3n) is 2.75. The summed E-state index contributed by atoms with van der Waals surface area (Å²) in [7, 11) is 0. The van der Waals surface area contributed by atoms with Crippen LogP contribution in [0.2, 0.25) is 0 Å². The van der Waals surface area contributed by atoms with E-state index in [1.807, 2.05) is 34.9 Å². The average molecular weight is 278 g/mol. The molecule has 0 radical (unpaired) electrons. The van der Waals surface area contributed by atoms with Gasteiger partial charge in [-0.2, -0.15) is 10.5 Å². The van der Waals surface area contributed by atoms with Gasteiger partial charge in [-0.25, -0.2) is 15.2 Å². The molecule has 0 aliphatic heterocycles. The highest BCUT2D eigenvalue weighted by Gasteiger charge is 2.12. The van der Waals surface area contributed by atoms with Crippen LogP contribution in [0.25, 0.3) is 11.2 Å². The van der Waals surface area contributed by atoms with Crippen LogP contribution in [-0.2, 0) is 6.54 Å². The van der Waals surface area contributed by atoms with Crippen molar-refractivity contribution in [2.75, 3.05) is 0 Å². The van der Waals surface area contributed by atoms with E-state index in [9.17, 15) is 0 Å². The van der Waals surface area contributed by atoms with E-state index in [0.717, 1.165) is 5.48 Å². The van der Waals surface area contributed by atoms with Crippen LogP contribution in [0.4, 0.5) is 5.82 Å². The molecule has 0 fully saturated rings. The Balaban J connectivity index is 0.00000133. The highest BCUT2D eigenvalue weighted by atomic mass is 35.5. The number of rotatable bonds is 3. The first kappa shape index (κ1) is 13.4. The summed E-state index contributed by atoms with van der Waals surface area (Å²) in [6.45, 7) is 0.694. The predicted octanol–water partition coefficient (Wildman–Crippen LogP) is -2.54. The first-order chi connectivity index (χ1) is 8.88. The van der Waals surface area contributed by atoms with Crippen molar-refractivity contribution in [2.45, 2.75) is 6.54 Å². The van der Waals surface area contributed by atoms with Crippen molar-refractivity contribution in [3.8, 4) is 0 Å². The smallest absolute Gasteiger partial charge is 0.288 e. The number of nitrogens with two attached hydrogens (primary N) is 1. The van der Waals surface area contributed by atoms with E-state index in [4.69, 9.17) is 5.21 Å². The zero-order valence-electron chi connectivity index (χ0n) is 9.94. The molecule has 0 atom stereocenters. The van der Waals surface area contributed by atoms with Gasteiger partial charge >= 0.3 is 0 Å². The highest BCUT2D eigenvalue weighted by Crippen LogP contribution is 2.14. The molecule has 2 aromatic heterocycles. The number of fused-ring (bicyclic) bond motifs is 1. The molecule has 1 aromatic carbocycles. The van der Waals surface area contributed by atoms with E-state index in [-0.39, 0.29) is 12.4 Å². The highest BCUT2D eigenvalue weighted by molar-refractivity contribution is 5.78. The Labute approximate surface area is 115 Å². The molecule has 3 N–H and O–H groups in total. The second-order valence-electron chi connectivity index (χ2n) is 3.92. The molecule has 3 aromatic rings. The Kier molecular flexibility index (Phi) is 4.06. The van der Waals surface area contributed by atoms with Crippen molar-refractivity contribution < 1.29 is 23.1 Å². The molecule has 0 aliphatic rings. The van der Waals surface area contributed by atoms with Crippen LogP contribution in [0.15, 0.2) is 43.0 Å². The lowest BCUT2D eigenvalue weighted by Crippen LogP contribution is -3.00. The minimum absolute atomic E-state index is 0. The van der Waals surface area contributed by atoms with Gasteiger partial charge in [-0.05, 0) is 5.56 Å². The summed E-state index contributed by atoms with van der Waals surface area (Å²) in [4.78, 5) is 12.4. The number of imidazole rings is 1. The van der Waals surface area contributed by atoms with Crippen molar-refractivity contribution in [2.24, 2.45) is 0 Å². The van der Waals surface area contributed by atoms with E-state index < -0.39 is 0 Å². The summed E-state index contributed by atoms with van der Waals surface area (Å²) < 4.78 is 1.93. The maximum absolute atomic E-state index is 9.07. The second-order valence-corrected chi connectivity index (χ2v) is 3.92. The first-order valence-electron chi connectivity index (χ1n) is 5.55. The van der Waals surface area contributed by atoms with Crippen LogP contribution in [-0.4, -0.2) is 24.7 Å². The topological polar surface area (TPSA) is 80.4 Å². The molecule has 98 valence electrons. The van der Waals surface area contributed by atoms with Crippen LogP contribution in [0.1, 0.15) is 5.56 Å². The molecule has 2 heterocycles. The minimum atomic E-state index is 0. The fourth-order valence-corrected chi connectivity index (χ4v) is 1.89. The fraction of sp³-hybridized carbons (Fsp3) is 0.0833. The number of aromatic nitrogens is 4. The van der Waals surface area contributed by atoms with Crippen molar-refractivity contribution in [1.29, 1.82) is 0 Å². The molecule has 0 unspecified atom stereocenters. The molecule has 3 rings (SSSR count). The molecule has 6 nitrogen and oxygen atoms in total. The number of benzene rings is 1. The minimum Gasteiger partial charge on any atom is -1.00 e. The molecule has 0 saturated heterocycles. The van der Waals surface area contributed by atoms with Crippen molar-refractivity contribution in [1.82, 2.24) is 19.5 Å². The molecule has 0 spiro atoms. The lowest BCUT2D eigenvalue weighted by molar-refractivity contribution is -0.827. The predicted molar refractivity (Wildman–Crippen MR) is 64.2 cm³/mol. The molecule has 0 saturated carbocycles. The van der Waals surface area contributed by atoms with Gasteiger partial charge in [-0.1, -0.05) is 30.3 Å². The van der Waals surface area contributed by atoms with E-state index in [2.05, 4.69) is 15.0 Å². The van der Waals surface area contributed by atoms with Gasteiger partial charge in [0, 0.05) is 0 Å². The van der Waals surface area contributed by atoms with Crippen LogP contribution in [0.3, 0.4) is 0 Å². The van der Waals surface area contributed by atoms with Crippen LogP contribution in [0.5, 0.6) is 0 Å². The van der Waals surface area contributed by atoms with Gasteiger partial charge in [0.2, 0.25) is 0 Å². The van der Waals surface area contributed by atoms with Gasteiger partial charge in [0.15, 0.2) is 11.2 Å². The molecule has 7 heteroatoms. The van der Waals surface area contributed by atoms with Gasteiger partial charge in [-0.3, -0.25) is 0 Å². The van der Waals surface area contributed by atoms with Gasteiger partial charge in [0.05, 0.1) is 12.9 Å². The fourth-order valence-electron chi connectivity index (χ4n) is 1.89. The van der Waals surface area contributed by atoms with E-state index in [1.54, 1.807) is 6.33 Å². The second kappa shape index (κ2) is 5.75. The molecule has 0 aliphatic carbocycles. The van der Waals surface area contributed by atoms with Crippen molar-refractivity contribution >= 4 is 17.0 Å². The lowest BCUT2D eigenvalue weighted by atomic mass is 10.2. The molecule has 0 bridgehead atoms. The van der Waals surface area contributed by atoms with Gasteiger partial charge in [0.25, 0.3) is 5.82 Å². The number of quaternary nitrogens is 1. The SMILES string of the molecule is O[NH2+]c1ncnc2c1ncn2Cc1ccccc1.[Cl-]. The monoisotopic (exact) mass is 277 g/mol. The van der Waals surface area contributed by atoms with E-state index >= 15 is 0 Å². The number of hydrogen-bond acceptors (Lipinski definition) is 4. The summed E-state index contributed by atoms with van der Waals surface area (Å²) in [5.41, 5.74) is 3.44. The van der Waals surface area contributed by atoms with Crippen molar-refractivity contribution in [3.63, 3.8) is 0 Å². The van der Waals surface area contributed by atoms with Crippen LogP contribution >= 0.6 is 0 Å². The molecular weight excluding hydrogens is 266 g/mol. The van der Waals surface area contributed by atoms with Crippen molar-refractivity contribution in [3.05, 3.63) is 48.5 Å². The molecular formula is C12H12ClN5O. The number of halogens is 1. The lowest BCUT2D eigenvalue weighted by Gasteiger charge is -2.03. The third kappa shape index (κ3) is 2.55. The Morgan fingerprint density at radius 3 is 2.63 bits per heavy atom. The summed E-state index contributed by atoms with van der Waals surface area (Å²) in [6, 6.07) is 10.1. The normalized spacial score (nSPS) is 10.4. The standard InChI is InChI=1S/C12H11N5O.ClH/c18-16-11-10-12(14-7-13-11)17(8-15-10)6-9-4-2-1-3-5-9;/h1-5,7-8,18H,6H2,(H,13,14,16);1H. The Morgan fingerprint density at radius 2 is 1.89 bits per heavy atom. The quantitative estimate of drug-likeness (QED) is 0.517. The maximum atomic E-state index is 9.07. The summed E-state index contributed by atoms with van der Waals surface area (Å²) in [6.07, 6.45) is 3.13. The van der Waals surface area contributed by atoms with Gasteiger partial charge < -0.3 is 17.0 Å². The Bertz CT molecular complexity index is 670. The van der Waals surface area contributed by atoms with Gasteiger partial charge in [0.1, 0.15) is 6.33 Å². The Hall–Kier alpha value is -2.02. The van der Waals surface area contributed by atoms with Crippen LogP contribution < -0.4 is 17.9 Å². The average Bonchev–Trinajstić information content (AvgIpc) is 2.83. The molecule has 19 heavy (non-hydrogen) atoms. The summed E-state index contributed by atoms with van der Waals surface area (Å²) in [5.74, 6) is 0.437. The maximum Gasteiger partial charge on any atom is 0.288 e. The van der Waals surface area contributed by atoms with E-state index in [0.29, 0.717) is 23.5 Å². The summed E-state index contributed by atoms with van der Waals surface area (Å²) in [5, 5.41) is 9.07. The first-order valence-corrected chi connectivity index (χ1v) is 5.55. The van der Waals surface area contributed by atoms with E-state index in [1.165, 1.54) is 11.9 Å². The largest absolute Gasteiger partial charge is 1.00 e. The zero-order chi connectivity index (χ0) is 12.4. The van der Waals surface area contributed by atoms with Crippen LogP contribution in [0, 0.1) is 0 Å². The van der Waals surface area contributed by atoms with Gasteiger partial charge in [-0.15, -0.1) is 0 Å². The number of hydrogen-bond donors (Lipinski definition) is 2. The molecule has 0 amide bonds. The zero-order valence-corrected chi connectivity index (χ0v) is 10.7. The Morgan fingerprint density at radius 1 is 1.11 bits per heavy atom. The third-order valence-corrected chi connectivity index (χ3v) is 2.75. The summed E-state index contributed by atoms with van der Waals surface area (Å²) >= 11 is 0. The number of nitrogens with zero attached hydrogens (tertiary/aromatic N) is 4.